The highest BCUT2D eigenvalue weighted by Gasteiger charge is 2.17. The molecule has 0 bridgehead atoms. The van der Waals surface area contributed by atoms with Crippen molar-refractivity contribution in [1.82, 2.24) is 5.32 Å². The third-order valence-corrected chi connectivity index (χ3v) is 4.40. The van der Waals surface area contributed by atoms with E-state index in [9.17, 15) is 9.18 Å². The average molecular weight is 385 g/mol. The Morgan fingerprint density at radius 1 is 1.36 bits per heavy atom. The first-order chi connectivity index (χ1) is 11.5. The number of aryl methyl sites for hydroxylation is 1. The van der Waals surface area contributed by atoms with E-state index in [1.165, 1.54) is 0 Å². The number of carbonyl (C=O) groups is 1. The van der Waals surface area contributed by atoms with Crippen molar-refractivity contribution in [2.75, 3.05) is 18.5 Å². The summed E-state index contributed by atoms with van der Waals surface area (Å²) in [6.45, 7) is 3.05. The van der Waals surface area contributed by atoms with Crippen LogP contribution < -0.4 is 15.4 Å². The molecule has 0 fully saturated rings. The van der Waals surface area contributed by atoms with Gasteiger partial charge in [-0.15, -0.1) is 12.4 Å². The minimum Gasteiger partial charge on any atom is -0.484 e. The van der Waals surface area contributed by atoms with Crippen LogP contribution >= 0.6 is 24.0 Å². The minimum absolute atomic E-state index is 0. The molecule has 1 heterocycles. The first kappa shape index (κ1) is 19.5. The molecular weight excluding hydrogens is 366 g/mol. The summed E-state index contributed by atoms with van der Waals surface area (Å²) in [6, 6.07) is 8.58. The highest BCUT2D eigenvalue weighted by Crippen LogP contribution is 2.25. The topological polar surface area (TPSA) is 50.4 Å². The van der Waals surface area contributed by atoms with Crippen LogP contribution in [0.2, 0.25) is 5.02 Å². The molecule has 4 nitrogen and oxygen atoms in total. The SMILES string of the molecule is Cc1cc(OCC(=O)Nc2ccc3c(c2F)CCNC3)ccc1Cl.Cl. The van der Waals surface area contributed by atoms with Crippen molar-refractivity contribution in [2.45, 2.75) is 19.9 Å². The van der Waals surface area contributed by atoms with Crippen molar-refractivity contribution in [3.05, 3.63) is 57.9 Å². The molecule has 0 aromatic heterocycles. The molecule has 0 aliphatic carbocycles. The zero-order chi connectivity index (χ0) is 17.1. The highest BCUT2D eigenvalue weighted by atomic mass is 35.5. The number of fused-ring (bicyclic) bond motifs is 1. The van der Waals surface area contributed by atoms with E-state index in [1.54, 1.807) is 24.3 Å². The van der Waals surface area contributed by atoms with Crippen LogP contribution in [0.25, 0.3) is 0 Å². The van der Waals surface area contributed by atoms with Crippen LogP contribution in [0.5, 0.6) is 5.75 Å². The predicted octanol–water partition coefficient (Wildman–Crippen LogP) is 3.87. The largest absolute Gasteiger partial charge is 0.484 e. The molecule has 7 heteroatoms. The van der Waals surface area contributed by atoms with E-state index in [0.717, 1.165) is 17.7 Å². The lowest BCUT2D eigenvalue weighted by molar-refractivity contribution is -0.118. The van der Waals surface area contributed by atoms with Crippen molar-refractivity contribution < 1.29 is 13.9 Å². The Balaban J connectivity index is 0.00000225. The smallest absolute Gasteiger partial charge is 0.262 e. The van der Waals surface area contributed by atoms with Gasteiger partial charge in [0.15, 0.2) is 6.61 Å². The molecule has 0 atom stereocenters. The van der Waals surface area contributed by atoms with Gasteiger partial charge in [0.25, 0.3) is 5.91 Å². The lowest BCUT2D eigenvalue weighted by atomic mass is 9.99. The number of halogens is 3. The Bertz CT molecular complexity index is 784. The fraction of sp³-hybridized carbons (Fsp3) is 0.278. The second-order valence-electron chi connectivity index (χ2n) is 5.74. The summed E-state index contributed by atoms with van der Waals surface area (Å²) in [5, 5.41) is 6.40. The van der Waals surface area contributed by atoms with E-state index in [0.29, 0.717) is 29.3 Å². The van der Waals surface area contributed by atoms with E-state index in [4.69, 9.17) is 16.3 Å². The Hall–Kier alpha value is -1.82. The van der Waals surface area contributed by atoms with Crippen molar-refractivity contribution in [3.63, 3.8) is 0 Å². The number of hydrogen-bond acceptors (Lipinski definition) is 3. The summed E-state index contributed by atoms with van der Waals surface area (Å²) < 4.78 is 19.9. The molecule has 1 aliphatic heterocycles. The maximum atomic E-state index is 14.5. The van der Waals surface area contributed by atoms with Crippen LogP contribution in [0.15, 0.2) is 30.3 Å². The summed E-state index contributed by atoms with van der Waals surface area (Å²) >= 11 is 5.95. The number of nitrogens with one attached hydrogen (secondary N) is 2. The van der Waals surface area contributed by atoms with Gasteiger partial charge in [-0.1, -0.05) is 17.7 Å². The lowest BCUT2D eigenvalue weighted by Gasteiger charge is -2.19. The van der Waals surface area contributed by atoms with E-state index in [2.05, 4.69) is 10.6 Å². The van der Waals surface area contributed by atoms with Gasteiger partial charge in [0.05, 0.1) is 5.69 Å². The molecule has 0 radical (unpaired) electrons. The van der Waals surface area contributed by atoms with E-state index in [1.807, 2.05) is 13.0 Å². The molecule has 2 N–H and O–H groups in total. The number of benzene rings is 2. The summed E-state index contributed by atoms with van der Waals surface area (Å²) in [6.07, 6.45) is 0.616. The highest BCUT2D eigenvalue weighted by molar-refractivity contribution is 6.31. The van der Waals surface area contributed by atoms with Gasteiger partial charge in [-0.05, 0) is 60.8 Å². The van der Waals surface area contributed by atoms with E-state index >= 15 is 0 Å². The summed E-state index contributed by atoms with van der Waals surface area (Å²) in [4.78, 5) is 12.0. The van der Waals surface area contributed by atoms with Gasteiger partial charge in [0.1, 0.15) is 11.6 Å². The lowest BCUT2D eigenvalue weighted by Crippen LogP contribution is -2.26. The summed E-state index contributed by atoms with van der Waals surface area (Å²) in [5.41, 5.74) is 2.66. The van der Waals surface area contributed by atoms with Gasteiger partial charge >= 0.3 is 0 Å². The fourth-order valence-corrected chi connectivity index (χ4v) is 2.79. The van der Waals surface area contributed by atoms with Crippen LogP contribution in [-0.2, 0) is 17.8 Å². The fourth-order valence-electron chi connectivity index (χ4n) is 2.67. The molecule has 2 aromatic carbocycles. The van der Waals surface area contributed by atoms with Crippen molar-refractivity contribution in [2.24, 2.45) is 0 Å². The van der Waals surface area contributed by atoms with Crippen molar-refractivity contribution in [3.8, 4) is 5.75 Å². The van der Waals surface area contributed by atoms with Crippen LogP contribution in [0, 0.1) is 12.7 Å². The van der Waals surface area contributed by atoms with Crippen LogP contribution in [0.3, 0.4) is 0 Å². The van der Waals surface area contributed by atoms with Gasteiger partial charge in [-0.2, -0.15) is 0 Å². The molecular formula is C18H19Cl2FN2O2. The zero-order valence-corrected chi connectivity index (χ0v) is 15.3. The van der Waals surface area contributed by atoms with Gasteiger partial charge < -0.3 is 15.4 Å². The number of ether oxygens (including phenoxy) is 1. The molecule has 0 unspecified atom stereocenters. The Kier molecular flexibility index (Phi) is 6.64. The number of rotatable bonds is 4. The second kappa shape index (κ2) is 8.52. The normalized spacial score (nSPS) is 12.8. The molecule has 1 amide bonds. The van der Waals surface area contributed by atoms with Gasteiger partial charge in [0.2, 0.25) is 0 Å². The third-order valence-electron chi connectivity index (χ3n) is 3.98. The van der Waals surface area contributed by atoms with Crippen LogP contribution in [0.1, 0.15) is 16.7 Å². The minimum atomic E-state index is -0.407. The zero-order valence-electron chi connectivity index (χ0n) is 13.7. The Morgan fingerprint density at radius 3 is 2.92 bits per heavy atom. The Labute approximate surface area is 157 Å². The van der Waals surface area contributed by atoms with Crippen molar-refractivity contribution >= 4 is 35.6 Å². The first-order valence-electron chi connectivity index (χ1n) is 7.74. The molecule has 25 heavy (non-hydrogen) atoms. The maximum Gasteiger partial charge on any atom is 0.262 e. The molecule has 0 spiro atoms. The average Bonchev–Trinajstić information content (AvgIpc) is 2.59. The maximum absolute atomic E-state index is 14.5. The van der Waals surface area contributed by atoms with Gasteiger partial charge in [-0.3, -0.25) is 4.79 Å². The quantitative estimate of drug-likeness (QED) is 0.840. The number of carbonyl (C=O) groups excluding carboxylic acids is 1. The van der Waals surface area contributed by atoms with E-state index in [-0.39, 0.29) is 30.5 Å². The summed E-state index contributed by atoms with van der Waals surface area (Å²) in [7, 11) is 0. The van der Waals surface area contributed by atoms with Crippen LogP contribution in [-0.4, -0.2) is 19.1 Å². The standard InChI is InChI=1S/C18H18ClFN2O2.ClH/c1-11-8-13(3-4-15(11)19)24-10-17(23)22-16-5-2-12-9-21-7-6-14(12)18(16)20;/h2-5,8,21H,6-7,9-10H2,1H3,(H,22,23);1H. The van der Waals surface area contributed by atoms with Crippen LogP contribution in [0.4, 0.5) is 10.1 Å². The molecule has 0 saturated heterocycles. The molecule has 3 rings (SSSR count). The predicted molar refractivity (Wildman–Crippen MR) is 99.4 cm³/mol. The molecule has 1 aliphatic rings. The Morgan fingerprint density at radius 2 is 2.16 bits per heavy atom. The third kappa shape index (κ3) is 4.63. The van der Waals surface area contributed by atoms with Gasteiger partial charge in [0, 0.05) is 11.6 Å². The van der Waals surface area contributed by atoms with Crippen molar-refractivity contribution in [1.29, 1.82) is 0 Å². The van der Waals surface area contributed by atoms with Gasteiger partial charge in [-0.25, -0.2) is 4.39 Å². The first-order valence-corrected chi connectivity index (χ1v) is 8.12. The number of hydrogen-bond donors (Lipinski definition) is 2. The molecule has 0 saturated carbocycles. The number of anilines is 1. The summed E-state index contributed by atoms with van der Waals surface area (Å²) in [5.74, 6) is -0.218. The molecule has 2 aromatic rings. The molecule has 134 valence electrons. The number of amides is 1. The second-order valence-corrected chi connectivity index (χ2v) is 6.15. The monoisotopic (exact) mass is 384 g/mol. The van der Waals surface area contributed by atoms with E-state index < -0.39 is 5.91 Å².